The van der Waals surface area contributed by atoms with Gasteiger partial charge in [0, 0.05) is 24.4 Å². The molecule has 0 atom stereocenters. The second kappa shape index (κ2) is 10.7. The molecule has 0 saturated heterocycles. The zero-order chi connectivity index (χ0) is 18.8. The van der Waals surface area contributed by atoms with E-state index in [4.69, 9.17) is 0 Å². The molecule has 0 amide bonds. The smallest absolute Gasteiger partial charge is 0.213 e. The molecule has 25 heavy (non-hydrogen) atoms. The highest BCUT2D eigenvalue weighted by atomic mass is 32.2. The predicted molar refractivity (Wildman–Crippen MR) is 109 cm³/mol. The molecule has 0 aliphatic rings. The Hall–Kier alpha value is -1.25. The summed E-state index contributed by atoms with van der Waals surface area (Å²) >= 11 is 1.75. The minimum Gasteiger partial charge on any atom is -0.357 e. The fourth-order valence-corrected chi connectivity index (χ4v) is 2.94. The molecule has 0 aliphatic carbocycles. The fraction of sp³-hybridized carbons (Fsp3) is 0.588. The van der Waals surface area contributed by atoms with Crippen LogP contribution in [0.3, 0.4) is 0 Å². The summed E-state index contributed by atoms with van der Waals surface area (Å²) in [4.78, 5) is 4.53. The van der Waals surface area contributed by atoms with Gasteiger partial charge < -0.3 is 10.6 Å². The Kier molecular flexibility index (Phi) is 9.31. The van der Waals surface area contributed by atoms with Gasteiger partial charge in [0.25, 0.3) is 0 Å². The second-order valence-electron chi connectivity index (χ2n) is 6.21. The maximum absolute atomic E-state index is 12.1. The molecule has 0 spiro atoms. The lowest BCUT2D eigenvalue weighted by atomic mass is 10.2. The molecule has 0 heterocycles. The summed E-state index contributed by atoms with van der Waals surface area (Å²) in [6, 6.07) is 9.47. The molecule has 1 aromatic rings. The summed E-state index contributed by atoms with van der Waals surface area (Å²) in [5.74, 6) is 0.638. The van der Waals surface area contributed by atoms with Crippen molar-refractivity contribution in [3.05, 3.63) is 35.9 Å². The molecular weight excluding hydrogens is 356 g/mol. The van der Waals surface area contributed by atoms with Crippen LogP contribution < -0.4 is 15.4 Å². The number of sulfonamides is 1. The van der Waals surface area contributed by atoms with Gasteiger partial charge in [-0.1, -0.05) is 30.3 Å². The maximum Gasteiger partial charge on any atom is 0.213 e. The Bertz CT molecular complexity index is 631. The summed E-state index contributed by atoms with van der Waals surface area (Å²) in [5.41, 5.74) is 0.938. The molecule has 8 heteroatoms. The molecule has 0 aliphatic heterocycles. The molecule has 0 aromatic heterocycles. The van der Waals surface area contributed by atoms with Gasteiger partial charge in [0.2, 0.25) is 10.0 Å². The van der Waals surface area contributed by atoms with E-state index in [1.165, 1.54) is 0 Å². The number of hydrogen-bond acceptors (Lipinski definition) is 4. The van der Waals surface area contributed by atoms with Crippen LogP contribution in [0.25, 0.3) is 0 Å². The molecular formula is C17H30N4O2S2. The quantitative estimate of drug-likeness (QED) is 0.422. The minimum absolute atomic E-state index is 0.00380. The molecule has 0 unspecified atom stereocenters. The Morgan fingerprint density at radius 1 is 1.20 bits per heavy atom. The van der Waals surface area contributed by atoms with E-state index in [9.17, 15) is 8.42 Å². The van der Waals surface area contributed by atoms with Crippen molar-refractivity contribution < 1.29 is 8.42 Å². The average Bonchev–Trinajstić information content (AvgIpc) is 2.59. The Balaban J connectivity index is 2.46. The van der Waals surface area contributed by atoms with Crippen LogP contribution in [0.15, 0.2) is 35.3 Å². The standard InChI is InChI=1S/C17H30N4O2S2/c1-5-18-16(20-14-17(2,3)24-4)19-11-12-25(22,23)21-13-15-9-7-6-8-10-15/h6-10,21H,5,11-14H2,1-4H3,(H2,18,19,20). The van der Waals surface area contributed by atoms with Gasteiger partial charge in [0.1, 0.15) is 0 Å². The van der Waals surface area contributed by atoms with Gasteiger partial charge in [-0.05, 0) is 32.6 Å². The summed E-state index contributed by atoms with van der Waals surface area (Å²) in [6.07, 6.45) is 2.06. The fourth-order valence-electron chi connectivity index (χ4n) is 1.84. The maximum atomic E-state index is 12.1. The number of nitrogens with one attached hydrogen (secondary N) is 3. The first kappa shape index (κ1) is 21.8. The lowest BCUT2D eigenvalue weighted by Gasteiger charge is -2.20. The average molecular weight is 387 g/mol. The largest absolute Gasteiger partial charge is 0.357 e. The number of nitrogens with zero attached hydrogens (tertiary/aromatic N) is 1. The molecule has 1 rings (SSSR count). The Labute approximate surface area is 156 Å². The SMILES string of the molecule is CCNC(=NCC(C)(C)SC)NCCS(=O)(=O)NCc1ccccc1. The van der Waals surface area contributed by atoms with Gasteiger partial charge in [-0.15, -0.1) is 0 Å². The van der Waals surface area contributed by atoms with Gasteiger partial charge in [-0.2, -0.15) is 11.8 Å². The highest BCUT2D eigenvalue weighted by molar-refractivity contribution is 7.99. The third-order valence-corrected chi connectivity index (χ3v) is 6.08. The molecule has 0 bridgehead atoms. The van der Waals surface area contributed by atoms with Crippen molar-refractivity contribution in [1.82, 2.24) is 15.4 Å². The van der Waals surface area contributed by atoms with Crippen molar-refractivity contribution in [2.45, 2.75) is 32.1 Å². The zero-order valence-corrected chi connectivity index (χ0v) is 17.1. The van der Waals surface area contributed by atoms with E-state index >= 15 is 0 Å². The van der Waals surface area contributed by atoms with Crippen molar-refractivity contribution in [1.29, 1.82) is 0 Å². The van der Waals surface area contributed by atoms with Crippen molar-refractivity contribution in [3.8, 4) is 0 Å². The first-order chi connectivity index (χ1) is 11.8. The van der Waals surface area contributed by atoms with E-state index in [0.29, 0.717) is 25.6 Å². The van der Waals surface area contributed by atoms with Gasteiger partial charge >= 0.3 is 0 Å². The highest BCUT2D eigenvalue weighted by Crippen LogP contribution is 2.20. The van der Waals surface area contributed by atoms with Crippen LogP contribution >= 0.6 is 11.8 Å². The molecule has 142 valence electrons. The number of aliphatic imine (C=N–C) groups is 1. The van der Waals surface area contributed by atoms with Crippen molar-refractivity contribution in [2.24, 2.45) is 4.99 Å². The van der Waals surface area contributed by atoms with Crippen LogP contribution in [-0.4, -0.2) is 50.8 Å². The first-order valence-corrected chi connectivity index (χ1v) is 11.2. The van der Waals surface area contributed by atoms with E-state index in [-0.39, 0.29) is 10.5 Å². The van der Waals surface area contributed by atoms with E-state index in [1.54, 1.807) is 11.8 Å². The summed E-state index contributed by atoms with van der Waals surface area (Å²) in [6.45, 7) is 8.22. The number of guanidine groups is 1. The lowest BCUT2D eigenvalue weighted by Crippen LogP contribution is -2.41. The van der Waals surface area contributed by atoms with E-state index in [0.717, 1.165) is 12.1 Å². The van der Waals surface area contributed by atoms with Crippen LogP contribution in [0.1, 0.15) is 26.3 Å². The third kappa shape index (κ3) is 9.72. The van der Waals surface area contributed by atoms with Gasteiger partial charge in [-0.25, -0.2) is 13.1 Å². The third-order valence-electron chi connectivity index (χ3n) is 3.52. The summed E-state index contributed by atoms with van der Waals surface area (Å²) in [7, 11) is -3.34. The monoisotopic (exact) mass is 386 g/mol. The summed E-state index contributed by atoms with van der Waals surface area (Å²) < 4.78 is 26.8. The van der Waals surface area contributed by atoms with E-state index < -0.39 is 10.0 Å². The van der Waals surface area contributed by atoms with E-state index in [2.05, 4.69) is 40.5 Å². The van der Waals surface area contributed by atoms with Crippen molar-refractivity contribution >= 4 is 27.7 Å². The number of hydrogen-bond donors (Lipinski definition) is 3. The first-order valence-electron chi connectivity index (χ1n) is 8.36. The van der Waals surface area contributed by atoms with Crippen LogP contribution in [-0.2, 0) is 16.6 Å². The number of rotatable bonds is 10. The van der Waals surface area contributed by atoms with Crippen LogP contribution in [0, 0.1) is 0 Å². The van der Waals surface area contributed by atoms with Gasteiger partial charge in [0.15, 0.2) is 5.96 Å². The lowest BCUT2D eigenvalue weighted by molar-refractivity contribution is 0.579. The van der Waals surface area contributed by atoms with Gasteiger partial charge in [-0.3, -0.25) is 4.99 Å². The number of thioether (sulfide) groups is 1. The Morgan fingerprint density at radius 2 is 1.88 bits per heavy atom. The highest BCUT2D eigenvalue weighted by Gasteiger charge is 2.15. The molecule has 6 nitrogen and oxygen atoms in total. The van der Waals surface area contributed by atoms with Crippen LogP contribution in [0.2, 0.25) is 0 Å². The molecule has 0 fully saturated rings. The van der Waals surface area contributed by atoms with Crippen LogP contribution in [0.5, 0.6) is 0 Å². The topological polar surface area (TPSA) is 82.6 Å². The van der Waals surface area contributed by atoms with E-state index in [1.807, 2.05) is 37.3 Å². The molecule has 3 N–H and O–H groups in total. The molecule has 0 radical (unpaired) electrons. The summed E-state index contributed by atoms with van der Waals surface area (Å²) in [5, 5.41) is 6.22. The number of benzene rings is 1. The second-order valence-corrected chi connectivity index (χ2v) is 9.65. The Morgan fingerprint density at radius 3 is 2.48 bits per heavy atom. The molecule has 1 aromatic carbocycles. The predicted octanol–water partition coefficient (Wildman–Crippen LogP) is 1.80. The van der Waals surface area contributed by atoms with Crippen molar-refractivity contribution in [2.75, 3.05) is 31.6 Å². The minimum atomic E-state index is -3.34. The van der Waals surface area contributed by atoms with Gasteiger partial charge in [0.05, 0.1) is 12.3 Å². The van der Waals surface area contributed by atoms with Crippen molar-refractivity contribution in [3.63, 3.8) is 0 Å². The normalized spacial score (nSPS) is 12.9. The van der Waals surface area contributed by atoms with Crippen LogP contribution in [0.4, 0.5) is 0 Å². The zero-order valence-electron chi connectivity index (χ0n) is 15.5. The molecule has 0 saturated carbocycles.